The number of aliphatic hydroxyl groups is 1. The lowest BCUT2D eigenvalue weighted by Gasteiger charge is -2.45. The summed E-state index contributed by atoms with van der Waals surface area (Å²) in [6.07, 6.45) is 2.45. The van der Waals surface area contributed by atoms with E-state index in [1.165, 1.54) is 0 Å². The molecular weight excluding hydrogens is 240 g/mol. The van der Waals surface area contributed by atoms with Gasteiger partial charge in [0.05, 0.1) is 5.41 Å². The minimum atomic E-state index is -1.59. The zero-order chi connectivity index (χ0) is 13.4. The summed E-state index contributed by atoms with van der Waals surface area (Å²) in [5.74, 6) is -0.131. The third kappa shape index (κ3) is 0.983. The van der Waals surface area contributed by atoms with Gasteiger partial charge in [0.1, 0.15) is 0 Å². The number of benzene rings is 1. The Bertz CT molecular complexity index is 620. The van der Waals surface area contributed by atoms with Crippen molar-refractivity contribution in [2.75, 3.05) is 0 Å². The molecule has 3 aliphatic rings. The zero-order valence-corrected chi connectivity index (χ0v) is 10.8. The highest BCUT2D eigenvalue weighted by Crippen LogP contribution is 2.63. The predicted molar refractivity (Wildman–Crippen MR) is 68.6 cm³/mol. The van der Waals surface area contributed by atoms with Crippen molar-refractivity contribution >= 4 is 11.6 Å². The van der Waals surface area contributed by atoms with Gasteiger partial charge in [0.15, 0.2) is 17.2 Å². The van der Waals surface area contributed by atoms with Gasteiger partial charge in [-0.3, -0.25) is 9.59 Å². The third-order valence-corrected chi connectivity index (χ3v) is 5.76. The van der Waals surface area contributed by atoms with E-state index in [1.54, 1.807) is 31.2 Å². The van der Waals surface area contributed by atoms with E-state index >= 15 is 0 Å². The molecule has 3 nitrogen and oxygen atoms in total. The fraction of sp³-hybridized carbons (Fsp3) is 0.500. The van der Waals surface area contributed by atoms with Crippen LogP contribution in [0.1, 0.15) is 42.1 Å². The van der Waals surface area contributed by atoms with Crippen LogP contribution in [0.5, 0.6) is 0 Å². The van der Waals surface area contributed by atoms with Crippen LogP contribution in [-0.4, -0.2) is 16.7 Å². The number of ketones is 2. The maximum atomic E-state index is 12.8. The number of hydrogen-bond acceptors (Lipinski definition) is 3. The average Bonchev–Trinajstić information content (AvgIpc) is 2.96. The molecule has 1 aromatic rings. The van der Waals surface area contributed by atoms with Gasteiger partial charge in [0.25, 0.3) is 0 Å². The number of fused-ring (bicyclic) bond motifs is 6. The van der Waals surface area contributed by atoms with Gasteiger partial charge in [-0.2, -0.15) is 0 Å². The quantitative estimate of drug-likeness (QED) is 0.773. The fourth-order valence-corrected chi connectivity index (χ4v) is 4.63. The Hall–Kier alpha value is -1.48. The first kappa shape index (κ1) is 11.4. The summed E-state index contributed by atoms with van der Waals surface area (Å²) >= 11 is 0. The Morgan fingerprint density at radius 2 is 1.95 bits per heavy atom. The minimum absolute atomic E-state index is 0.0516. The standard InChI is InChI=1S/C16H16O3/c1-15-10-7-6-9(8-10)13(17)16(15,19)12-5-3-2-4-11(12)14(15)18/h2-5,9-10,19H,6-8H2,1H3/t9-,10-,15+,16-/m1/s1. The molecule has 0 radical (unpaired) electrons. The first-order chi connectivity index (χ1) is 9.01. The molecule has 4 rings (SSSR count). The van der Waals surface area contributed by atoms with Crippen LogP contribution >= 0.6 is 0 Å². The Labute approximate surface area is 111 Å². The summed E-state index contributed by atoms with van der Waals surface area (Å²) in [5, 5.41) is 11.2. The van der Waals surface area contributed by atoms with Crippen LogP contribution < -0.4 is 0 Å². The summed E-state index contributed by atoms with van der Waals surface area (Å²) in [6.45, 7) is 1.79. The second kappa shape index (κ2) is 3.15. The highest BCUT2D eigenvalue weighted by atomic mass is 16.3. The molecule has 0 spiro atoms. The molecule has 0 saturated heterocycles. The van der Waals surface area contributed by atoms with Gasteiger partial charge < -0.3 is 5.11 Å². The van der Waals surface area contributed by atoms with Crippen molar-refractivity contribution in [1.82, 2.24) is 0 Å². The van der Waals surface area contributed by atoms with Gasteiger partial charge in [-0.25, -0.2) is 0 Å². The normalized spacial score (nSPS) is 43.3. The largest absolute Gasteiger partial charge is 0.376 e. The summed E-state index contributed by atoms with van der Waals surface area (Å²) in [7, 11) is 0. The number of rotatable bonds is 0. The Balaban J connectivity index is 2.06. The third-order valence-electron chi connectivity index (χ3n) is 5.76. The number of carbonyl (C=O) groups is 2. The van der Waals surface area contributed by atoms with E-state index in [0.717, 1.165) is 19.3 Å². The van der Waals surface area contributed by atoms with E-state index in [-0.39, 0.29) is 23.4 Å². The van der Waals surface area contributed by atoms with E-state index in [0.29, 0.717) is 11.1 Å². The van der Waals surface area contributed by atoms with Gasteiger partial charge in [0, 0.05) is 17.0 Å². The van der Waals surface area contributed by atoms with Crippen molar-refractivity contribution in [2.45, 2.75) is 31.8 Å². The molecule has 0 heterocycles. The molecule has 3 aliphatic carbocycles. The van der Waals surface area contributed by atoms with Gasteiger partial charge in [-0.1, -0.05) is 24.3 Å². The number of Topliss-reactive ketones (excluding diaryl/α,β-unsaturated/α-hetero) is 2. The maximum Gasteiger partial charge on any atom is 0.173 e. The molecule has 2 bridgehead atoms. The van der Waals surface area contributed by atoms with Crippen molar-refractivity contribution in [1.29, 1.82) is 0 Å². The molecular formula is C16H16O3. The second-order valence-electron chi connectivity index (χ2n) is 6.36. The van der Waals surface area contributed by atoms with Gasteiger partial charge in [-0.15, -0.1) is 0 Å². The highest BCUT2D eigenvalue weighted by Gasteiger charge is 2.71. The van der Waals surface area contributed by atoms with Crippen LogP contribution in [0.15, 0.2) is 24.3 Å². The molecule has 19 heavy (non-hydrogen) atoms. The molecule has 2 saturated carbocycles. The zero-order valence-electron chi connectivity index (χ0n) is 10.8. The second-order valence-corrected chi connectivity index (χ2v) is 6.36. The summed E-state index contributed by atoms with van der Waals surface area (Å²) in [4.78, 5) is 25.5. The van der Waals surface area contributed by atoms with E-state index < -0.39 is 11.0 Å². The lowest BCUT2D eigenvalue weighted by atomic mass is 9.58. The topological polar surface area (TPSA) is 54.4 Å². The Morgan fingerprint density at radius 1 is 1.21 bits per heavy atom. The molecule has 2 fully saturated rings. The Kier molecular flexibility index (Phi) is 1.88. The van der Waals surface area contributed by atoms with Crippen molar-refractivity contribution < 1.29 is 14.7 Å². The summed E-state index contributed by atoms with van der Waals surface area (Å²) < 4.78 is 0. The van der Waals surface area contributed by atoms with E-state index in [2.05, 4.69) is 0 Å². The number of carbonyl (C=O) groups excluding carboxylic acids is 2. The van der Waals surface area contributed by atoms with Crippen molar-refractivity contribution in [3.05, 3.63) is 35.4 Å². The van der Waals surface area contributed by atoms with Crippen molar-refractivity contribution in [3.8, 4) is 0 Å². The summed E-state index contributed by atoms with van der Waals surface area (Å²) in [6, 6.07) is 7.06. The molecule has 0 aromatic heterocycles. The summed E-state index contributed by atoms with van der Waals surface area (Å²) in [5.41, 5.74) is -1.48. The molecule has 3 heteroatoms. The van der Waals surface area contributed by atoms with Crippen LogP contribution in [0.4, 0.5) is 0 Å². The van der Waals surface area contributed by atoms with Crippen molar-refractivity contribution in [3.63, 3.8) is 0 Å². The number of hydrogen-bond donors (Lipinski definition) is 1. The lowest BCUT2D eigenvalue weighted by molar-refractivity contribution is -0.163. The smallest absolute Gasteiger partial charge is 0.173 e. The Morgan fingerprint density at radius 3 is 2.74 bits per heavy atom. The van der Waals surface area contributed by atoms with E-state index in [1.807, 2.05) is 0 Å². The highest BCUT2D eigenvalue weighted by molar-refractivity contribution is 6.14. The first-order valence-corrected chi connectivity index (χ1v) is 6.92. The minimum Gasteiger partial charge on any atom is -0.376 e. The SMILES string of the molecule is C[C@]12C(=O)c3ccccc3[C@@]1(O)C(=O)[C@@H]1CC[C@@H]2C1. The van der Waals surface area contributed by atoms with E-state index in [4.69, 9.17) is 0 Å². The van der Waals surface area contributed by atoms with Gasteiger partial charge in [0.2, 0.25) is 0 Å². The lowest BCUT2D eigenvalue weighted by Crippen LogP contribution is -2.57. The predicted octanol–water partition coefficient (Wildman–Crippen LogP) is 2.08. The van der Waals surface area contributed by atoms with Crippen LogP contribution in [0.3, 0.4) is 0 Å². The molecule has 1 aromatic carbocycles. The van der Waals surface area contributed by atoms with Crippen molar-refractivity contribution in [2.24, 2.45) is 17.3 Å². The molecule has 1 N–H and O–H groups in total. The molecule has 0 unspecified atom stereocenters. The van der Waals surface area contributed by atoms with Crippen LogP contribution in [0.2, 0.25) is 0 Å². The van der Waals surface area contributed by atoms with E-state index in [9.17, 15) is 14.7 Å². The van der Waals surface area contributed by atoms with Crippen LogP contribution in [0.25, 0.3) is 0 Å². The van der Waals surface area contributed by atoms with Crippen LogP contribution in [-0.2, 0) is 10.4 Å². The fourth-order valence-electron chi connectivity index (χ4n) is 4.63. The van der Waals surface area contributed by atoms with Gasteiger partial charge in [-0.05, 0) is 32.1 Å². The molecule has 0 aliphatic heterocycles. The van der Waals surface area contributed by atoms with Crippen LogP contribution in [0, 0.1) is 17.3 Å². The molecule has 98 valence electrons. The average molecular weight is 256 g/mol. The van der Waals surface area contributed by atoms with Gasteiger partial charge >= 0.3 is 0 Å². The first-order valence-electron chi connectivity index (χ1n) is 6.92. The maximum absolute atomic E-state index is 12.8. The molecule has 0 amide bonds. The molecule has 4 atom stereocenters. The monoisotopic (exact) mass is 256 g/mol.